The highest BCUT2D eigenvalue weighted by atomic mass is 32.1. The minimum absolute atomic E-state index is 0.560. The molecule has 0 aliphatic carbocycles. The summed E-state index contributed by atoms with van der Waals surface area (Å²) >= 11 is 1.58. The number of para-hydroxylation sites is 1. The van der Waals surface area contributed by atoms with Crippen molar-refractivity contribution in [1.29, 1.82) is 0 Å². The molecule has 0 aliphatic heterocycles. The van der Waals surface area contributed by atoms with Crippen LogP contribution >= 0.6 is 11.3 Å². The number of nitrogens with zero attached hydrogens (tertiary/aromatic N) is 1. The van der Waals surface area contributed by atoms with Crippen LogP contribution in [-0.2, 0) is 11.3 Å². The lowest BCUT2D eigenvalue weighted by atomic mass is 10.1. The Morgan fingerprint density at radius 1 is 1.42 bits per heavy atom. The number of aromatic nitrogens is 1. The maximum absolute atomic E-state index is 11.0. The van der Waals surface area contributed by atoms with E-state index in [0.717, 1.165) is 16.3 Å². The third kappa shape index (κ3) is 3.90. The van der Waals surface area contributed by atoms with Crippen molar-refractivity contribution in [2.75, 3.05) is 5.32 Å². The first-order chi connectivity index (χ1) is 9.29. The Hall–Kier alpha value is -2.18. The van der Waals surface area contributed by atoms with Gasteiger partial charge in [-0.15, -0.1) is 11.3 Å². The highest BCUT2D eigenvalue weighted by Gasteiger charge is 2.00. The number of amides is 1. The van der Waals surface area contributed by atoms with E-state index in [1.54, 1.807) is 29.1 Å². The molecule has 1 aromatic heterocycles. The lowest BCUT2D eigenvalue weighted by molar-refractivity contribution is -0.124. The molecule has 2 aromatic rings. The topological polar surface area (TPSA) is 74.2 Å². The Kier molecular flexibility index (Phi) is 4.66. The number of thiazole rings is 1. The van der Waals surface area contributed by atoms with Gasteiger partial charge in [0, 0.05) is 23.3 Å². The summed E-state index contributed by atoms with van der Waals surface area (Å²) in [6.45, 7) is 0.634. The summed E-state index contributed by atoms with van der Waals surface area (Å²) in [7, 11) is 0. The third-order valence-corrected chi connectivity index (χ3v) is 3.18. The highest BCUT2D eigenvalue weighted by Crippen LogP contribution is 2.18. The van der Waals surface area contributed by atoms with E-state index < -0.39 is 5.91 Å². The van der Waals surface area contributed by atoms with Crippen LogP contribution in [0.15, 0.2) is 41.9 Å². The van der Waals surface area contributed by atoms with Crippen molar-refractivity contribution in [3.8, 4) is 0 Å². The molecule has 0 spiro atoms. The lowest BCUT2D eigenvalue weighted by Gasteiger charge is -2.07. The predicted molar refractivity (Wildman–Crippen MR) is 74.8 cm³/mol. The summed E-state index contributed by atoms with van der Waals surface area (Å²) in [6, 6.07) is 7.59. The van der Waals surface area contributed by atoms with Gasteiger partial charge in [0.25, 0.3) is 5.91 Å². The van der Waals surface area contributed by atoms with Crippen LogP contribution in [0.4, 0.5) is 5.69 Å². The molecule has 0 radical (unpaired) electrons. The molecule has 0 fully saturated rings. The van der Waals surface area contributed by atoms with Crippen LogP contribution < -0.4 is 10.8 Å². The Labute approximate surface area is 114 Å². The van der Waals surface area contributed by atoms with Gasteiger partial charge in [0.05, 0.1) is 6.54 Å². The number of hydrogen-bond donors (Lipinski definition) is 3. The number of nitrogens with one attached hydrogen (secondary N) is 2. The van der Waals surface area contributed by atoms with Crippen LogP contribution in [0.1, 0.15) is 10.6 Å². The largest absolute Gasteiger partial charge is 0.378 e. The Morgan fingerprint density at radius 2 is 2.26 bits per heavy atom. The fourth-order valence-corrected chi connectivity index (χ4v) is 2.07. The smallest absolute Gasteiger partial charge is 0.267 e. The van der Waals surface area contributed by atoms with E-state index >= 15 is 0 Å². The summed E-state index contributed by atoms with van der Waals surface area (Å²) in [5.41, 5.74) is 3.32. The number of anilines is 1. The van der Waals surface area contributed by atoms with Crippen LogP contribution in [0.3, 0.4) is 0 Å². The van der Waals surface area contributed by atoms with Gasteiger partial charge < -0.3 is 5.32 Å². The van der Waals surface area contributed by atoms with Crippen molar-refractivity contribution in [1.82, 2.24) is 10.5 Å². The van der Waals surface area contributed by atoms with Gasteiger partial charge >= 0.3 is 0 Å². The van der Waals surface area contributed by atoms with E-state index in [1.807, 2.05) is 29.6 Å². The van der Waals surface area contributed by atoms with E-state index in [1.165, 1.54) is 6.08 Å². The molecular weight excluding hydrogens is 262 g/mol. The summed E-state index contributed by atoms with van der Waals surface area (Å²) in [4.78, 5) is 15.2. The Morgan fingerprint density at radius 3 is 3.00 bits per heavy atom. The van der Waals surface area contributed by atoms with Crippen molar-refractivity contribution in [3.63, 3.8) is 0 Å². The van der Waals surface area contributed by atoms with Crippen molar-refractivity contribution < 1.29 is 10.0 Å². The summed E-state index contributed by atoms with van der Waals surface area (Å²) in [6.07, 6.45) is 4.67. The second-order valence-electron chi connectivity index (χ2n) is 3.68. The van der Waals surface area contributed by atoms with E-state index in [0.29, 0.717) is 6.54 Å². The van der Waals surface area contributed by atoms with Crippen molar-refractivity contribution >= 4 is 29.0 Å². The van der Waals surface area contributed by atoms with Crippen molar-refractivity contribution in [2.24, 2.45) is 0 Å². The van der Waals surface area contributed by atoms with E-state index in [4.69, 9.17) is 5.21 Å². The number of hydrogen-bond acceptors (Lipinski definition) is 5. The molecule has 3 N–H and O–H groups in total. The number of carbonyl (C=O) groups is 1. The molecule has 6 heteroatoms. The Bertz CT molecular complexity index is 567. The number of rotatable bonds is 5. The zero-order chi connectivity index (χ0) is 13.5. The third-order valence-electron chi connectivity index (χ3n) is 2.40. The molecule has 0 atom stereocenters. The monoisotopic (exact) mass is 275 g/mol. The number of carbonyl (C=O) groups excluding carboxylic acids is 1. The molecule has 0 saturated heterocycles. The molecule has 0 aliphatic rings. The molecule has 1 aromatic carbocycles. The molecule has 19 heavy (non-hydrogen) atoms. The lowest BCUT2D eigenvalue weighted by Crippen LogP contribution is -2.14. The van der Waals surface area contributed by atoms with Gasteiger partial charge in [-0.25, -0.2) is 10.5 Å². The number of benzene rings is 1. The molecular formula is C13H13N3O2S. The summed E-state index contributed by atoms with van der Waals surface area (Å²) in [5.74, 6) is -0.560. The minimum Gasteiger partial charge on any atom is -0.378 e. The standard InChI is InChI=1S/C13H13N3O2S/c17-12(16-18)6-5-10-3-1-2-4-11(10)15-9-13-14-7-8-19-13/h1-8,15,18H,9H2,(H,16,17). The molecule has 2 rings (SSSR count). The molecule has 5 nitrogen and oxygen atoms in total. The fraction of sp³-hybridized carbons (Fsp3) is 0.0769. The average Bonchev–Trinajstić information content (AvgIpc) is 2.96. The molecule has 98 valence electrons. The Balaban J connectivity index is 2.07. The maximum atomic E-state index is 11.0. The normalized spacial score (nSPS) is 10.6. The first-order valence-corrected chi connectivity index (χ1v) is 6.51. The first-order valence-electron chi connectivity index (χ1n) is 5.63. The van der Waals surface area contributed by atoms with Crippen LogP contribution in [0, 0.1) is 0 Å². The maximum Gasteiger partial charge on any atom is 0.267 e. The molecule has 0 bridgehead atoms. The zero-order valence-electron chi connectivity index (χ0n) is 10.0. The quantitative estimate of drug-likeness (QED) is 0.444. The molecule has 0 unspecified atom stereocenters. The highest BCUT2D eigenvalue weighted by molar-refractivity contribution is 7.09. The van der Waals surface area contributed by atoms with Crippen LogP contribution in [0.25, 0.3) is 6.08 Å². The van der Waals surface area contributed by atoms with Gasteiger partial charge in [-0.05, 0) is 17.7 Å². The van der Waals surface area contributed by atoms with E-state index in [2.05, 4.69) is 10.3 Å². The van der Waals surface area contributed by atoms with Crippen molar-refractivity contribution in [2.45, 2.75) is 6.54 Å². The van der Waals surface area contributed by atoms with Crippen molar-refractivity contribution in [3.05, 3.63) is 52.5 Å². The van der Waals surface area contributed by atoms with Gasteiger partial charge in [0.2, 0.25) is 0 Å². The second kappa shape index (κ2) is 6.67. The first kappa shape index (κ1) is 13.3. The average molecular weight is 275 g/mol. The fourth-order valence-electron chi connectivity index (χ4n) is 1.52. The molecule has 0 saturated carbocycles. The minimum atomic E-state index is -0.560. The van der Waals surface area contributed by atoms with Gasteiger partial charge in [0.1, 0.15) is 5.01 Å². The van der Waals surface area contributed by atoms with Gasteiger partial charge in [-0.3, -0.25) is 10.0 Å². The number of hydroxylamine groups is 1. The summed E-state index contributed by atoms with van der Waals surface area (Å²) < 4.78 is 0. The van der Waals surface area contributed by atoms with Crippen LogP contribution in [0.2, 0.25) is 0 Å². The van der Waals surface area contributed by atoms with Crippen LogP contribution in [0.5, 0.6) is 0 Å². The predicted octanol–water partition coefficient (Wildman–Crippen LogP) is 2.27. The summed E-state index contributed by atoms with van der Waals surface area (Å²) in [5, 5.41) is 14.6. The zero-order valence-corrected chi connectivity index (χ0v) is 10.9. The molecule has 1 amide bonds. The SMILES string of the molecule is O=C(C=Cc1ccccc1NCc1nccs1)NO. The van der Waals surface area contributed by atoms with Gasteiger partial charge in [-0.1, -0.05) is 18.2 Å². The van der Waals surface area contributed by atoms with E-state index in [-0.39, 0.29) is 0 Å². The van der Waals surface area contributed by atoms with Gasteiger partial charge in [-0.2, -0.15) is 0 Å². The van der Waals surface area contributed by atoms with Gasteiger partial charge in [0.15, 0.2) is 0 Å². The molecule has 1 heterocycles. The van der Waals surface area contributed by atoms with Crippen LogP contribution in [-0.4, -0.2) is 16.1 Å². The second-order valence-corrected chi connectivity index (χ2v) is 4.66. The van der Waals surface area contributed by atoms with E-state index in [9.17, 15) is 4.79 Å².